The molecule has 24 heavy (non-hydrogen) atoms. The van der Waals surface area contributed by atoms with Crippen molar-refractivity contribution in [1.82, 2.24) is 0 Å². The third kappa shape index (κ3) is 2.10. The van der Waals surface area contributed by atoms with Gasteiger partial charge in [-0.05, 0) is 81.1 Å². The molecule has 4 aliphatic carbocycles. The summed E-state index contributed by atoms with van der Waals surface area (Å²) in [6.45, 7) is 6.52. The second-order valence-corrected chi connectivity index (χ2v) is 9.09. The van der Waals surface area contributed by atoms with Crippen LogP contribution in [0.25, 0.3) is 0 Å². The minimum atomic E-state index is -0.796. The van der Waals surface area contributed by atoms with Crippen LogP contribution in [0.2, 0.25) is 0 Å². The SMILES string of the molecule is CC#C[C@@]1(O)CC[C@@H]2[C@H]3[C@@H](CC[C@@]21C)[C@H]1CCC(=O)C=C1C[C@@H]3C. The first-order valence-corrected chi connectivity index (χ1v) is 9.79. The Bertz CT molecular complexity index is 651. The number of carbonyl (C=O) groups excluding carboxylic acids is 1. The largest absolute Gasteiger partial charge is 0.377 e. The quantitative estimate of drug-likeness (QED) is 0.680. The molecule has 0 spiro atoms. The van der Waals surface area contributed by atoms with Crippen LogP contribution in [0.3, 0.4) is 0 Å². The zero-order chi connectivity index (χ0) is 17.1. The van der Waals surface area contributed by atoms with Crippen molar-refractivity contribution in [2.24, 2.45) is 35.0 Å². The molecule has 3 fully saturated rings. The van der Waals surface area contributed by atoms with Crippen molar-refractivity contribution in [3.05, 3.63) is 11.6 Å². The van der Waals surface area contributed by atoms with Crippen LogP contribution in [0.1, 0.15) is 65.7 Å². The summed E-state index contributed by atoms with van der Waals surface area (Å²) in [5, 5.41) is 11.3. The molecule has 0 heterocycles. The first-order valence-electron chi connectivity index (χ1n) is 9.79. The normalized spacial score (nSPS) is 50.1. The number of fused-ring (bicyclic) bond motifs is 5. The van der Waals surface area contributed by atoms with E-state index < -0.39 is 5.60 Å². The first kappa shape index (κ1) is 16.4. The maximum atomic E-state index is 11.9. The van der Waals surface area contributed by atoms with Crippen molar-refractivity contribution < 1.29 is 9.90 Å². The molecule has 2 nitrogen and oxygen atoms in total. The van der Waals surface area contributed by atoms with Gasteiger partial charge in [-0.2, -0.15) is 0 Å². The van der Waals surface area contributed by atoms with Crippen LogP contribution >= 0.6 is 0 Å². The molecule has 4 rings (SSSR count). The zero-order valence-corrected chi connectivity index (χ0v) is 15.3. The van der Waals surface area contributed by atoms with Gasteiger partial charge in [0.25, 0.3) is 0 Å². The highest BCUT2D eigenvalue weighted by Gasteiger charge is 2.63. The lowest BCUT2D eigenvalue weighted by molar-refractivity contribution is -0.117. The van der Waals surface area contributed by atoms with Crippen molar-refractivity contribution in [3.8, 4) is 11.8 Å². The van der Waals surface area contributed by atoms with E-state index in [2.05, 4.69) is 25.7 Å². The number of allylic oxidation sites excluding steroid dienone is 1. The summed E-state index contributed by atoms with van der Waals surface area (Å²) >= 11 is 0. The Labute approximate surface area is 146 Å². The van der Waals surface area contributed by atoms with Crippen LogP contribution in [-0.2, 0) is 4.79 Å². The van der Waals surface area contributed by atoms with Crippen molar-refractivity contribution in [1.29, 1.82) is 0 Å². The predicted octanol–water partition coefficient (Wildman–Crippen LogP) is 4.13. The van der Waals surface area contributed by atoms with Gasteiger partial charge in [-0.15, -0.1) is 5.92 Å². The van der Waals surface area contributed by atoms with E-state index in [1.54, 1.807) is 0 Å². The van der Waals surface area contributed by atoms with Gasteiger partial charge in [-0.1, -0.05) is 25.3 Å². The molecule has 7 atom stereocenters. The molecule has 0 bridgehead atoms. The molecule has 0 saturated heterocycles. The molecule has 0 unspecified atom stereocenters. The Morgan fingerprint density at radius 1 is 1.25 bits per heavy atom. The Balaban J connectivity index is 1.69. The number of rotatable bonds is 0. The average molecular weight is 326 g/mol. The highest BCUT2D eigenvalue weighted by Crippen LogP contribution is 2.65. The van der Waals surface area contributed by atoms with Crippen molar-refractivity contribution in [3.63, 3.8) is 0 Å². The minimum absolute atomic E-state index is 0.0584. The van der Waals surface area contributed by atoms with Crippen LogP contribution in [0.5, 0.6) is 0 Å². The first-order chi connectivity index (χ1) is 11.4. The number of carbonyl (C=O) groups is 1. The third-order valence-corrected chi connectivity index (χ3v) is 8.12. The fraction of sp³-hybridized carbons (Fsp3) is 0.773. The van der Waals surface area contributed by atoms with Crippen LogP contribution in [-0.4, -0.2) is 16.5 Å². The molecular weight excluding hydrogens is 296 g/mol. The molecule has 0 aliphatic heterocycles. The van der Waals surface area contributed by atoms with Crippen LogP contribution in [0.4, 0.5) is 0 Å². The maximum absolute atomic E-state index is 11.9. The summed E-state index contributed by atoms with van der Waals surface area (Å²) in [5.74, 6) is 9.73. The van der Waals surface area contributed by atoms with Crippen LogP contribution < -0.4 is 0 Å². The molecule has 0 aromatic rings. The van der Waals surface area contributed by atoms with E-state index in [9.17, 15) is 9.90 Å². The Hall–Kier alpha value is -1.07. The van der Waals surface area contributed by atoms with Gasteiger partial charge in [0.15, 0.2) is 5.78 Å². The predicted molar refractivity (Wildman–Crippen MR) is 95.0 cm³/mol. The van der Waals surface area contributed by atoms with Crippen LogP contribution in [0, 0.1) is 46.8 Å². The summed E-state index contributed by atoms with van der Waals surface area (Å²) < 4.78 is 0. The van der Waals surface area contributed by atoms with Crippen molar-refractivity contribution in [2.45, 2.75) is 71.3 Å². The molecule has 0 aromatic carbocycles. The second-order valence-electron chi connectivity index (χ2n) is 9.09. The fourth-order valence-electron chi connectivity index (χ4n) is 7.02. The molecule has 3 saturated carbocycles. The second kappa shape index (κ2) is 5.46. The Morgan fingerprint density at radius 3 is 2.79 bits per heavy atom. The van der Waals surface area contributed by atoms with Gasteiger partial charge in [0, 0.05) is 11.8 Å². The maximum Gasteiger partial charge on any atom is 0.155 e. The highest BCUT2D eigenvalue weighted by molar-refractivity contribution is 5.91. The van der Waals surface area contributed by atoms with E-state index in [4.69, 9.17) is 0 Å². The molecule has 1 N–H and O–H groups in total. The van der Waals surface area contributed by atoms with E-state index in [1.807, 2.05) is 13.0 Å². The zero-order valence-electron chi connectivity index (χ0n) is 15.3. The molecule has 130 valence electrons. The van der Waals surface area contributed by atoms with Gasteiger partial charge < -0.3 is 5.11 Å². The molecular formula is C22H30O2. The van der Waals surface area contributed by atoms with E-state index in [0.29, 0.717) is 35.4 Å². The summed E-state index contributed by atoms with van der Waals surface area (Å²) in [5.41, 5.74) is 0.581. The van der Waals surface area contributed by atoms with E-state index in [-0.39, 0.29) is 5.41 Å². The lowest BCUT2D eigenvalue weighted by Gasteiger charge is -2.56. The Kier molecular flexibility index (Phi) is 3.73. The number of hydrogen-bond acceptors (Lipinski definition) is 2. The summed E-state index contributed by atoms with van der Waals surface area (Å²) in [4.78, 5) is 11.9. The fourth-order valence-corrected chi connectivity index (χ4v) is 7.02. The van der Waals surface area contributed by atoms with Gasteiger partial charge in [-0.25, -0.2) is 0 Å². The number of hydrogen-bond donors (Lipinski definition) is 1. The standard InChI is InChI=1S/C22H30O2/c1-4-9-22(24)11-8-19-20-14(2)12-15-13-16(23)5-6-17(15)18(20)7-10-21(19,22)3/h13-14,17-20,24H,5-8,10-12H2,1-3H3/t14-,17-,18-,19+,20+,21-,22+/m0/s1. The molecule has 0 radical (unpaired) electrons. The summed E-state index contributed by atoms with van der Waals surface area (Å²) in [7, 11) is 0. The third-order valence-electron chi connectivity index (χ3n) is 8.12. The Morgan fingerprint density at radius 2 is 2.04 bits per heavy atom. The van der Waals surface area contributed by atoms with Gasteiger partial charge >= 0.3 is 0 Å². The molecule has 0 amide bonds. The lowest BCUT2D eigenvalue weighted by Crippen LogP contribution is -2.54. The van der Waals surface area contributed by atoms with Crippen LogP contribution in [0.15, 0.2) is 11.6 Å². The smallest absolute Gasteiger partial charge is 0.155 e. The van der Waals surface area contributed by atoms with Gasteiger partial charge in [0.1, 0.15) is 5.60 Å². The van der Waals surface area contributed by atoms with Gasteiger partial charge in [0.2, 0.25) is 0 Å². The minimum Gasteiger partial charge on any atom is -0.377 e. The molecule has 0 aromatic heterocycles. The topological polar surface area (TPSA) is 37.3 Å². The monoisotopic (exact) mass is 326 g/mol. The van der Waals surface area contributed by atoms with Crippen molar-refractivity contribution in [2.75, 3.05) is 0 Å². The summed E-state index contributed by atoms with van der Waals surface area (Å²) in [6.07, 6.45) is 9.05. The lowest BCUT2D eigenvalue weighted by atomic mass is 9.48. The van der Waals surface area contributed by atoms with E-state index >= 15 is 0 Å². The van der Waals surface area contributed by atoms with Gasteiger partial charge in [0.05, 0.1) is 0 Å². The average Bonchev–Trinajstić information content (AvgIpc) is 2.79. The molecule has 2 heteroatoms. The van der Waals surface area contributed by atoms with Gasteiger partial charge in [-0.3, -0.25) is 4.79 Å². The van der Waals surface area contributed by atoms with E-state index in [0.717, 1.165) is 38.5 Å². The molecule has 4 aliphatic rings. The summed E-state index contributed by atoms with van der Waals surface area (Å²) in [6, 6.07) is 0. The van der Waals surface area contributed by atoms with E-state index in [1.165, 1.54) is 12.0 Å². The highest BCUT2D eigenvalue weighted by atomic mass is 16.3. The number of ketones is 1. The van der Waals surface area contributed by atoms with Crippen molar-refractivity contribution >= 4 is 5.78 Å². The number of aliphatic hydroxyl groups is 1.